The fraction of sp³-hybridized carbons (Fsp3) is 0.667. The van der Waals surface area contributed by atoms with Crippen LogP contribution in [-0.4, -0.2) is 23.9 Å². The highest BCUT2D eigenvalue weighted by Crippen LogP contribution is 2.66. The van der Waals surface area contributed by atoms with Gasteiger partial charge in [0, 0.05) is 19.5 Å². The van der Waals surface area contributed by atoms with E-state index in [2.05, 4.69) is 69.1 Å². The molecule has 3 saturated carbocycles. The molecule has 7 atom stereocenters. The van der Waals surface area contributed by atoms with Crippen LogP contribution in [0.4, 0.5) is 0 Å². The molecule has 0 N–H and O–H groups in total. The number of hydrogen-bond donors (Lipinski definition) is 0. The summed E-state index contributed by atoms with van der Waals surface area (Å²) < 4.78 is 0. The topological polar surface area (TPSA) is 20.3 Å². The zero-order valence-electron chi connectivity index (χ0n) is 18.7. The van der Waals surface area contributed by atoms with Crippen molar-refractivity contribution in [2.45, 2.75) is 71.8 Å². The first-order valence-corrected chi connectivity index (χ1v) is 11.8. The molecule has 1 aliphatic heterocycles. The zero-order valence-corrected chi connectivity index (χ0v) is 18.7. The van der Waals surface area contributed by atoms with Crippen LogP contribution in [0, 0.1) is 34.5 Å². The van der Waals surface area contributed by atoms with Crippen LogP contribution in [0.5, 0.6) is 0 Å². The fourth-order valence-electron chi connectivity index (χ4n) is 8.25. The average Bonchev–Trinajstić information content (AvgIpc) is 3.03. The number of amides is 1. The second-order valence-corrected chi connectivity index (χ2v) is 11.3. The maximum atomic E-state index is 12.4. The summed E-state index contributed by atoms with van der Waals surface area (Å²) in [6.07, 6.45) is 10.8. The van der Waals surface area contributed by atoms with Crippen molar-refractivity contribution in [2.24, 2.45) is 34.5 Å². The molecule has 29 heavy (non-hydrogen) atoms. The van der Waals surface area contributed by atoms with Crippen LogP contribution in [0.25, 0.3) is 6.08 Å². The Labute approximate surface area is 176 Å². The monoisotopic (exact) mass is 391 g/mol. The molecule has 156 valence electrons. The second-order valence-electron chi connectivity index (χ2n) is 11.3. The average molecular weight is 392 g/mol. The zero-order chi connectivity index (χ0) is 20.4. The van der Waals surface area contributed by atoms with Gasteiger partial charge in [-0.2, -0.15) is 0 Å². The molecule has 0 bridgehead atoms. The lowest BCUT2D eigenvalue weighted by Gasteiger charge is -2.63. The number of benzene rings is 1. The Hall–Kier alpha value is -1.57. The van der Waals surface area contributed by atoms with Crippen LogP contribution in [0.1, 0.15) is 71.3 Å². The second kappa shape index (κ2) is 6.72. The summed E-state index contributed by atoms with van der Waals surface area (Å²) in [5, 5.41) is 0. The Bertz CT molecular complexity index is 828. The van der Waals surface area contributed by atoms with Gasteiger partial charge in [-0.1, -0.05) is 62.8 Å². The summed E-state index contributed by atoms with van der Waals surface area (Å²) in [6, 6.07) is 11.3. The molecule has 0 aromatic heterocycles. The lowest BCUT2D eigenvalue weighted by atomic mass is 9.45. The SMILES string of the molecule is CC1CC2N(C)C(=O)CC[C@]2(C)[C@@H]2CC[C@]3(C)CC(=Cc4ccccc4)C[C@H]3[C@H]12. The predicted octanol–water partition coefficient (Wildman–Crippen LogP) is 6.18. The summed E-state index contributed by atoms with van der Waals surface area (Å²) in [5.74, 6) is 3.49. The predicted molar refractivity (Wildman–Crippen MR) is 119 cm³/mol. The lowest BCUT2D eigenvalue weighted by Crippen LogP contribution is -2.62. The van der Waals surface area contributed by atoms with Crippen molar-refractivity contribution in [3.05, 3.63) is 41.5 Å². The van der Waals surface area contributed by atoms with Gasteiger partial charge in [0.15, 0.2) is 0 Å². The van der Waals surface area contributed by atoms with Gasteiger partial charge in [-0.25, -0.2) is 0 Å². The van der Waals surface area contributed by atoms with Crippen molar-refractivity contribution in [3.63, 3.8) is 0 Å². The highest BCUT2D eigenvalue weighted by Gasteiger charge is 2.61. The van der Waals surface area contributed by atoms with E-state index in [1.165, 1.54) is 37.7 Å². The molecule has 4 fully saturated rings. The van der Waals surface area contributed by atoms with Gasteiger partial charge in [0.1, 0.15) is 0 Å². The molecule has 1 aromatic rings. The number of rotatable bonds is 1. The van der Waals surface area contributed by atoms with E-state index in [4.69, 9.17) is 0 Å². The van der Waals surface area contributed by atoms with E-state index < -0.39 is 0 Å². The van der Waals surface area contributed by atoms with Crippen LogP contribution in [0.2, 0.25) is 0 Å². The van der Waals surface area contributed by atoms with Gasteiger partial charge < -0.3 is 4.90 Å². The smallest absolute Gasteiger partial charge is 0.222 e. The van der Waals surface area contributed by atoms with E-state index in [0.717, 1.165) is 30.6 Å². The van der Waals surface area contributed by atoms with Crippen LogP contribution >= 0.6 is 0 Å². The van der Waals surface area contributed by atoms with Crippen molar-refractivity contribution in [2.75, 3.05) is 7.05 Å². The Morgan fingerprint density at radius 2 is 1.86 bits per heavy atom. The summed E-state index contributed by atoms with van der Waals surface area (Å²) in [5.41, 5.74) is 3.81. The molecule has 1 saturated heterocycles. The molecular formula is C27H37NO. The molecule has 0 spiro atoms. The van der Waals surface area contributed by atoms with Gasteiger partial charge in [0.2, 0.25) is 5.91 Å². The number of carbonyl (C=O) groups excluding carboxylic acids is 1. The van der Waals surface area contributed by atoms with Crippen LogP contribution < -0.4 is 0 Å². The first kappa shape index (κ1) is 19.4. The van der Waals surface area contributed by atoms with Gasteiger partial charge in [-0.05, 0) is 78.6 Å². The third kappa shape index (κ3) is 2.93. The summed E-state index contributed by atoms with van der Waals surface area (Å²) in [7, 11) is 2.07. The van der Waals surface area contributed by atoms with E-state index in [0.29, 0.717) is 28.7 Å². The number of hydrogen-bond acceptors (Lipinski definition) is 1. The minimum absolute atomic E-state index is 0.313. The van der Waals surface area contributed by atoms with E-state index in [1.54, 1.807) is 5.57 Å². The lowest BCUT2D eigenvalue weighted by molar-refractivity contribution is -0.164. The Morgan fingerprint density at radius 3 is 2.62 bits per heavy atom. The summed E-state index contributed by atoms with van der Waals surface area (Å²) >= 11 is 0. The Morgan fingerprint density at radius 1 is 1.10 bits per heavy atom. The number of nitrogens with zero attached hydrogens (tertiary/aromatic N) is 1. The molecule has 1 heterocycles. The largest absolute Gasteiger partial charge is 0.342 e. The van der Waals surface area contributed by atoms with E-state index in [1.807, 2.05) is 0 Å². The maximum Gasteiger partial charge on any atom is 0.222 e. The van der Waals surface area contributed by atoms with Crippen molar-refractivity contribution in [3.8, 4) is 0 Å². The quantitative estimate of drug-likeness (QED) is 0.560. The molecule has 5 rings (SSSR count). The molecular weight excluding hydrogens is 354 g/mol. The van der Waals surface area contributed by atoms with Crippen molar-refractivity contribution < 1.29 is 4.79 Å². The standard InChI is InChI=1S/C27H37NO/c1-18-14-23-27(3,13-11-24(29)28(23)4)21-10-12-26(2)17-20(16-22(26)25(18)21)15-19-8-6-5-7-9-19/h5-9,15,18,21-23,25H,10-14,16-17H2,1-4H3/t18?,21-,22+,23?,25-,26-,27-/m1/s1. The minimum Gasteiger partial charge on any atom is -0.342 e. The van der Waals surface area contributed by atoms with Crippen LogP contribution in [0.15, 0.2) is 35.9 Å². The van der Waals surface area contributed by atoms with Gasteiger partial charge in [0.05, 0.1) is 0 Å². The third-order valence-corrected chi connectivity index (χ3v) is 9.73. The van der Waals surface area contributed by atoms with E-state index in [9.17, 15) is 4.79 Å². The molecule has 2 heteroatoms. The molecule has 2 unspecified atom stereocenters. The highest BCUT2D eigenvalue weighted by molar-refractivity contribution is 5.77. The first-order chi connectivity index (χ1) is 13.8. The number of allylic oxidation sites excluding steroid dienone is 1. The van der Waals surface area contributed by atoms with Gasteiger partial charge in [-0.3, -0.25) is 4.79 Å². The molecule has 3 aliphatic carbocycles. The summed E-state index contributed by atoms with van der Waals surface area (Å²) in [6.45, 7) is 7.61. The molecule has 1 amide bonds. The Balaban J connectivity index is 1.46. The van der Waals surface area contributed by atoms with Crippen molar-refractivity contribution >= 4 is 12.0 Å². The Kier molecular flexibility index (Phi) is 4.50. The van der Waals surface area contributed by atoms with Crippen molar-refractivity contribution in [1.82, 2.24) is 4.90 Å². The number of carbonyl (C=O) groups is 1. The molecule has 0 radical (unpaired) electrons. The number of piperidine rings is 1. The van der Waals surface area contributed by atoms with E-state index >= 15 is 0 Å². The van der Waals surface area contributed by atoms with E-state index in [-0.39, 0.29) is 0 Å². The number of fused-ring (bicyclic) bond motifs is 5. The van der Waals surface area contributed by atoms with Gasteiger partial charge >= 0.3 is 0 Å². The number of likely N-dealkylation sites (tertiary alicyclic amines) is 1. The molecule has 1 aromatic carbocycles. The van der Waals surface area contributed by atoms with Crippen molar-refractivity contribution in [1.29, 1.82) is 0 Å². The van der Waals surface area contributed by atoms with Gasteiger partial charge in [-0.15, -0.1) is 0 Å². The normalized spacial score (nSPS) is 45.7. The first-order valence-electron chi connectivity index (χ1n) is 11.8. The molecule has 2 nitrogen and oxygen atoms in total. The van der Waals surface area contributed by atoms with Crippen LogP contribution in [-0.2, 0) is 4.79 Å². The third-order valence-electron chi connectivity index (χ3n) is 9.73. The highest BCUT2D eigenvalue weighted by atomic mass is 16.2. The van der Waals surface area contributed by atoms with Gasteiger partial charge in [0.25, 0.3) is 0 Å². The maximum absolute atomic E-state index is 12.4. The molecule has 4 aliphatic rings. The fourth-order valence-corrected chi connectivity index (χ4v) is 8.25. The minimum atomic E-state index is 0.313. The van der Waals surface area contributed by atoms with Crippen LogP contribution in [0.3, 0.4) is 0 Å². The summed E-state index contributed by atoms with van der Waals surface area (Å²) in [4.78, 5) is 14.6.